The summed E-state index contributed by atoms with van der Waals surface area (Å²) in [4.78, 5) is 0. The quantitative estimate of drug-likeness (QED) is 0.779. The number of aliphatic hydroxyl groups is 1. The Bertz CT molecular complexity index is 201. The first kappa shape index (κ1) is 13.0. The van der Waals surface area contributed by atoms with Gasteiger partial charge in [0.15, 0.2) is 0 Å². The summed E-state index contributed by atoms with van der Waals surface area (Å²) in [5.41, 5.74) is -0.158. The summed E-state index contributed by atoms with van der Waals surface area (Å²) in [5.74, 6) is 0.344. The highest BCUT2D eigenvalue weighted by Gasteiger charge is 2.41. The van der Waals surface area contributed by atoms with Crippen LogP contribution in [0.15, 0.2) is 0 Å². The van der Waals surface area contributed by atoms with Gasteiger partial charge in [-0.15, -0.1) is 0 Å². The fourth-order valence-electron chi connectivity index (χ4n) is 2.86. The predicted octanol–water partition coefficient (Wildman–Crippen LogP) is 2.99. The lowest BCUT2D eigenvalue weighted by Crippen LogP contribution is -2.44. The van der Waals surface area contributed by atoms with E-state index in [2.05, 4.69) is 20.8 Å². The van der Waals surface area contributed by atoms with E-state index in [0.717, 1.165) is 32.3 Å². The zero-order chi connectivity index (χ0) is 11.5. The van der Waals surface area contributed by atoms with Crippen LogP contribution in [0.4, 0.5) is 0 Å². The lowest BCUT2D eigenvalue weighted by Gasteiger charge is -2.45. The molecule has 90 valence electrons. The predicted molar refractivity (Wildman–Crippen MR) is 62.9 cm³/mol. The molecule has 1 N–H and O–H groups in total. The fourth-order valence-corrected chi connectivity index (χ4v) is 2.86. The van der Waals surface area contributed by atoms with E-state index in [0.29, 0.717) is 11.3 Å². The van der Waals surface area contributed by atoms with Gasteiger partial charge in [-0.2, -0.15) is 0 Å². The second-order valence-electron chi connectivity index (χ2n) is 5.98. The van der Waals surface area contributed by atoms with Crippen molar-refractivity contribution in [3.63, 3.8) is 0 Å². The third-order valence-corrected chi connectivity index (χ3v) is 3.92. The monoisotopic (exact) mass is 214 g/mol. The van der Waals surface area contributed by atoms with Crippen LogP contribution in [0.1, 0.15) is 52.9 Å². The third kappa shape index (κ3) is 3.46. The van der Waals surface area contributed by atoms with Crippen LogP contribution in [0, 0.1) is 11.3 Å². The molecule has 1 rings (SSSR count). The van der Waals surface area contributed by atoms with Crippen LogP contribution in [0.25, 0.3) is 0 Å². The maximum absolute atomic E-state index is 10.6. The topological polar surface area (TPSA) is 29.5 Å². The van der Waals surface area contributed by atoms with Crippen molar-refractivity contribution in [3.05, 3.63) is 0 Å². The maximum atomic E-state index is 10.6. The summed E-state index contributed by atoms with van der Waals surface area (Å²) in [7, 11) is 1.72. The van der Waals surface area contributed by atoms with Crippen molar-refractivity contribution < 1.29 is 9.84 Å². The van der Waals surface area contributed by atoms with E-state index in [1.807, 2.05) is 0 Å². The van der Waals surface area contributed by atoms with Crippen molar-refractivity contribution in [2.45, 2.75) is 58.5 Å². The molecule has 2 nitrogen and oxygen atoms in total. The summed E-state index contributed by atoms with van der Waals surface area (Å²) >= 11 is 0. The molecule has 1 aliphatic rings. The minimum absolute atomic E-state index is 0.300. The summed E-state index contributed by atoms with van der Waals surface area (Å²) in [6.45, 7) is 7.44. The summed E-state index contributed by atoms with van der Waals surface area (Å²) < 4.78 is 5.09. The number of methoxy groups -OCH3 is 1. The molecule has 1 saturated carbocycles. The van der Waals surface area contributed by atoms with Crippen molar-refractivity contribution in [2.24, 2.45) is 11.3 Å². The van der Waals surface area contributed by atoms with E-state index >= 15 is 0 Å². The van der Waals surface area contributed by atoms with Crippen LogP contribution in [-0.2, 0) is 4.74 Å². The molecule has 0 spiro atoms. The minimum atomic E-state index is -0.458. The zero-order valence-corrected chi connectivity index (χ0v) is 10.7. The Hall–Kier alpha value is -0.0800. The van der Waals surface area contributed by atoms with Gasteiger partial charge in [0.2, 0.25) is 0 Å². The fraction of sp³-hybridized carbons (Fsp3) is 1.00. The van der Waals surface area contributed by atoms with Crippen LogP contribution < -0.4 is 0 Å². The first-order chi connectivity index (χ1) is 6.90. The van der Waals surface area contributed by atoms with E-state index in [-0.39, 0.29) is 0 Å². The molecular formula is C13H26O2. The Morgan fingerprint density at radius 3 is 2.53 bits per heavy atom. The van der Waals surface area contributed by atoms with E-state index in [9.17, 15) is 5.11 Å². The van der Waals surface area contributed by atoms with E-state index in [1.165, 1.54) is 6.42 Å². The van der Waals surface area contributed by atoms with Gasteiger partial charge in [-0.3, -0.25) is 0 Å². The Balaban J connectivity index is 2.56. The number of hydrogen-bond acceptors (Lipinski definition) is 2. The molecule has 0 saturated heterocycles. The molecule has 0 radical (unpaired) electrons. The van der Waals surface area contributed by atoms with Gasteiger partial charge in [0.1, 0.15) is 0 Å². The molecule has 2 atom stereocenters. The molecule has 2 heteroatoms. The Labute approximate surface area is 94.0 Å². The molecule has 0 aromatic carbocycles. The molecule has 0 amide bonds. The molecule has 0 aromatic rings. The molecule has 0 heterocycles. The van der Waals surface area contributed by atoms with Gasteiger partial charge in [-0.05, 0) is 37.0 Å². The highest BCUT2D eigenvalue weighted by Crippen LogP contribution is 2.44. The van der Waals surface area contributed by atoms with Crippen LogP contribution in [0.3, 0.4) is 0 Å². The van der Waals surface area contributed by atoms with Crippen molar-refractivity contribution in [1.82, 2.24) is 0 Å². The van der Waals surface area contributed by atoms with E-state index < -0.39 is 5.60 Å². The minimum Gasteiger partial charge on any atom is -0.390 e. The zero-order valence-electron chi connectivity index (χ0n) is 10.7. The van der Waals surface area contributed by atoms with Gasteiger partial charge >= 0.3 is 0 Å². The van der Waals surface area contributed by atoms with Gasteiger partial charge in [-0.1, -0.05) is 27.2 Å². The molecule has 1 fully saturated rings. The number of ether oxygens (including phenoxy) is 1. The van der Waals surface area contributed by atoms with Gasteiger partial charge in [0.05, 0.1) is 5.60 Å². The Kier molecular flexibility index (Phi) is 4.19. The third-order valence-electron chi connectivity index (χ3n) is 3.92. The van der Waals surface area contributed by atoms with Crippen molar-refractivity contribution in [2.75, 3.05) is 13.7 Å². The molecule has 0 bridgehead atoms. The number of hydrogen-bond donors (Lipinski definition) is 1. The highest BCUT2D eigenvalue weighted by molar-refractivity contribution is 4.93. The lowest BCUT2D eigenvalue weighted by atomic mass is 9.65. The smallest absolute Gasteiger partial charge is 0.0679 e. The summed E-state index contributed by atoms with van der Waals surface area (Å²) in [5, 5.41) is 10.6. The second-order valence-corrected chi connectivity index (χ2v) is 5.98. The molecule has 0 aromatic heterocycles. The highest BCUT2D eigenvalue weighted by atomic mass is 16.5. The normalized spacial score (nSPS) is 32.6. The molecule has 1 aliphatic carbocycles. The Morgan fingerprint density at radius 2 is 2.00 bits per heavy atom. The van der Waals surface area contributed by atoms with E-state index in [4.69, 9.17) is 4.74 Å². The van der Waals surface area contributed by atoms with Crippen molar-refractivity contribution in [3.8, 4) is 0 Å². The van der Waals surface area contributed by atoms with Crippen LogP contribution >= 0.6 is 0 Å². The number of rotatable bonds is 4. The molecule has 2 unspecified atom stereocenters. The van der Waals surface area contributed by atoms with Crippen molar-refractivity contribution in [1.29, 1.82) is 0 Å². The largest absolute Gasteiger partial charge is 0.390 e. The second kappa shape index (κ2) is 4.84. The van der Waals surface area contributed by atoms with E-state index in [1.54, 1.807) is 7.11 Å². The summed E-state index contributed by atoms with van der Waals surface area (Å²) in [6.07, 6.45) is 5.25. The average molecular weight is 214 g/mol. The van der Waals surface area contributed by atoms with Gasteiger partial charge in [-0.25, -0.2) is 0 Å². The average Bonchev–Trinajstić information content (AvgIpc) is 2.12. The summed E-state index contributed by atoms with van der Waals surface area (Å²) in [6, 6.07) is 0. The standard InChI is InChI=1S/C13H26O2/c1-11(6-9-15-4)13(14)8-5-7-12(2,3)10-13/h11,14H,5-10H2,1-4H3. The lowest BCUT2D eigenvalue weighted by molar-refractivity contribution is -0.0840. The SMILES string of the molecule is COCCC(C)C1(O)CCCC(C)(C)C1. The van der Waals surface area contributed by atoms with Gasteiger partial charge < -0.3 is 9.84 Å². The molecule has 15 heavy (non-hydrogen) atoms. The van der Waals surface area contributed by atoms with Crippen LogP contribution in [0.2, 0.25) is 0 Å². The first-order valence-corrected chi connectivity index (χ1v) is 6.11. The van der Waals surface area contributed by atoms with Gasteiger partial charge in [0, 0.05) is 13.7 Å². The Morgan fingerprint density at radius 1 is 1.33 bits per heavy atom. The molecular weight excluding hydrogens is 188 g/mol. The van der Waals surface area contributed by atoms with Crippen LogP contribution in [0.5, 0.6) is 0 Å². The first-order valence-electron chi connectivity index (χ1n) is 6.11. The van der Waals surface area contributed by atoms with Crippen molar-refractivity contribution >= 4 is 0 Å². The maximum Gasteiger partial charge on any atom is 0.0679 e. The molecule has 0 aliphatic heterocycles. The van der Waals surface area contributed by atoms with Crippen LogP contribution in [-0.4, -0.2) is 24.4 Å². The van der Waals surface area contributed by atoms with Gasteiger partial charge in [0.25, 0.3) is 0 Å².